The minimum Gasteiger partial charge on any atom is -0.466 e. The highest BCUT2D eigenvalue weighted by Gasteiger charge is 2.26. The van der Waals surface area contributed by atoms with E-state index in [1.807, 2.05) is 4.90 Å². The Morgan fingerprint density at radius 2 is 0.952 bits per heavy atom. The summed E-state index contributed by atoms with van der Waals surface area (Å²) in [6, 6.07) is -0.342. The fourth-order valence-electron chi connectivity index (χ4n) is 4.06. The normalized spacial score (nSPS) is 13.3. The van der Waals surface area contributed by atoms with E-state index >= 15 is 0 Å². The van der Waals surface area contributed by atoms with E-state index in [2.05, 4.69) is 4.90 Å². The summed E-state index contributed by atoms with van der Waals surface area (Å²) in [7, 11) is -16.4. The summed E-state index contributed by atoms with van der Waals surface area (Å²) in [5, 5.41) is 0. The molecule has 0 aliphatic carbocycles. The average Bonchev–Trinajstić information content (AvgIpc) is 2.81. The van der Waals surface area contributed by atoms with Gasteiger partial charge in [-0.05, 0) is 64.6 Å². The summed E-state index contributed by atoms with van der Waals surface area (Å²) < 4.78 is 66.7. The van der Waals surface area contributed by atoms with Crippen molar-refractivity contribution in [1.82, 2.24) is 9.80 Å². The van der Waals surface area contributed by atoms with E-state index in [4.69, 9.17) is 28.2 Å². The van der Waals surface area contributed by atoms with Crippen LogP contribution in [0.2, 0.25) is 12.1 Å². The number of hydrogen-bond donors (Lipinski definition) is 8. The molecule has 0 radical (unpaired) electrons. The van der Waals surface area contributed by atoms with Crippen molar-refractivity contribution in [3.05, 3.63) is 0 Å². The third-order valence-corrected chi connectivity index (χ3v) is 9.93. The SMILES string of the molecule is O=C(CCN(CCCCCS(=O)(=O)O)CCN(CCCCCS(=O)(=O)O)CCCC[Si](O)(O)O)OCCC[Si](O)(O)O. The van der Waals surface area contributed by atoms with Crippen LogP contribution in [0.25, 0.3) is 0 Å². The molecule has 42 heavy (non-hydrogen) atoms. The molecule has 0 saturated carbocycles. The van der Waals surface area contributed by atoms with Gasteiger partial charge in [-0.15, -0.1) is 0 Å². The number of nitrogens with zero attached hydrogens (tertiary/aromatic N) is 2. The van der Waals surface area contributed by atoms with Crippen molar-refractivity contribution in [2.75, 3.05) is 57.4 Å². The lowest BCUT2D eigenvalue weighted by atomic mass is 10.2. The van der Waals surface area contributed by atoms with Gasteiger partial charge in [0.2, 0.25) is 0 Å². The first-order chi connectivity index (χ1) is 19.3. The number of hydrogen-bond acceptors (Lipinski definition) is 14. The van der Waals surface area contributed by atoms with Gasteiger partial charge >= 0.3 is 23.6 Å². The highest BCUT2D eigenvalue weighted by atomic mass is 32.2. The van der Waals surface area contributed by atoms with E-state index in [1.165, 1.54) is 0 Å². The largest absolute Gasteiger partial charge is 0.492 e. The molecule has 0 heterocycles. The van der Waals surface area contributed by atoms with Crippen LogP contribution in [-0.2, 0) is 29.8 Å². The molecule has 0 amide bonds. The summed E-state index contributed by atoms with van der Waals surface area (Å²) in [5.41, 5.74) is 0. The second kappa shape index (κ2) is 21.2. The molecule has 8 N–H and O–H groups in total. The molecule has 0 aromatic heterocycles. The summed E-state index contributed by atoms with van der Waals surface area (Å²) in [6.45, 7) is 3.01. The summed E-state index contributed by atoms with van der Waals surface area (Å²) >= 11 is 0. The maximum atomic E-state index is 12.2. The molecule has 16 nitrogen and oxygen atoms in total. The van der Waals surface area contributed by atoms with Crippen LogP contribution in [0.3, 0.4) is 0 Å². The first-order valence-corrected chi connectivity index (χ1v) is 21.4. The summed E-state index contributed by atoms with van der Waals surface area (Å²) in [4.78, 5) is 71.1. The lowest BCUT2D eigenvalue weighted by molar-refractivity contribution is -0.144. The van der Waals surface area contributed by atoms with Crippen LogP contribution in [0.15, 0.2) is 0 Å². The van der Waals surface area contributed by atoms with E-state index in [1.54, 1.807) is 0 Å². The van der Waals surface area contributed by atoms with Crippen LogP contribution < -0.4 is 0 Å². The fraction of sp³-hybridized carbons (Fsp3) is 0.955. The van der Waals surface area contributed by atoms with Crippen molar-refractivity contribution < 1.29 is 64.2 Å². The molecule has 0 spiro atoms. The lowest BCUT2D eigenvalue weighted by Crippen LogP contribution is -2.38. The highest BCUT2D eigenvalue weighted by molar-refractivity contribution is 7.86. The zero-order chi connectivity index (χ0) is 32.3. The van der Waals surface area contributed by atoms with E-state index in [0.717, 1.165) is 0 Å². The Bertz CT molecular complexity index is 944. The summed E-state index contributed by atoms with van der Waals surface area (Å²) in [6.07, 6.45) is 4.03. The van der Waals surface area contributed by atoms with Gasteiger partial charge in [-0.25, -0.2) is 0 Å². The Morgan fingerprint density at radius 1 is 0.548 bits per heavy atom. The number of ether oxygens (including phenoxy) is 1. The van der Waals surface area contributed by atoms with Crippen LogP contribution in [0.1, 0.15) is 64.2 Å². The van der Waals surface area contributed by atoms with Gasteiger partial charge in [0.05, 0.1) is 24.5 Å². The third-order valence-electron chi connectivity index (χ3n) is 6.27. The van der Waals surface area contributed by atoms with Crippen molar-refractivity contribution in [3.63, 3.8) is 0 Å². The third kappa shape index (κ3) is 30.8. The molecule has 0 atom stereocenters. The van der Waals surface area contributed by atoms with Crippen LogP contribution in [0, 0.1) is 0 Å². The predicted molar refractivity (Wildman–Crippen MR) is 157 cm³/mol. The van der Waals surface area contributed by atoms with E-state index in [9.17, 15) is 36.0 Å². The van der Waals surface area contributed by atoms with Gasteiger partial charge < -0.3 is 43.3 Å². The minimum absolute atomic E-state index is 0.0385. The number of unbranched alkanes of at least 4 members (excludes halogenated alkanes) is 5. The van der Waals surface area contributed by atoms with Gasteiger partial charge in [0, 0.05) is 31.7 Å². The molecule has 20 heteroatoms. The van der Waals surface area contributed by atoms with Gasteiger partial charge in [0.25, 0.3) is 20.2 Å². The molecule has 0 aromatic carbocycles. The quantitative estimate of drug-likeness (QED) is 0.0215. The van der Waals surface area contributed by atoms with E-state index in [-0.39, 0.29) is 49.5 Å². The van der Waals surface area contributed by atoms with E-state index < -0.39 is 43.8 Å². The van der Waals surface area contributed by atoms with Gasteiger partial charge in [-0.2, -0.15) is 16.8 Å². The van der Waals surface area contributed by atoms with Gasteiger partial charge in [-0.1, -0.05) is 12.8 Å². The van der Waals surface area contributed by atoms with Crippen LogP contribution in [0.5, 0.6) is 0 Å². The molecule has 0 aliphatic rings. The number of carbonyl (C=O) groups excluding carboxylic acids is 1. The Kier molecular flexibility index (Phi) is 20.9. The standard InChI is InChI=1S/C22H50N2O14S2Si2/c25-22(38-17-9-21-42(35,36)37)10-14-24(12-4-2-7-19-40(29,30)31)16-15-23(13-5-8-20-41(32,33)34)11-3-1-6-18-39(26,27)28/h32-37H,1-21H2,(H,26,27,28)(H,29,30,31). The first-order valence-electron chi connectivity index (χ1n) is 14.1. The van der Waals surface area contributed by atoms with Gasteiger partial charge in [-0.3, -0.25) is 13.9 Å². The van der Waals surface area contributed by atoms with Crippen LogP contribution >= 0.6 is 0 Å². The van der Waals surface area contributed by atoms with Crippen molar-refractivity contribution in [3.8, 4) is 0 Å². The molecule has 0 unspecified atom stereocenters. The van der Waals surface area contributed by atoms with Crippen LogP contribution in [0.4, 0.5) is 0 Å². The van der Waals surface area contributed by atoms with Crippen molar-refractivity contribution in [2.45, 2.75) is 76.3 Å². The molecule has 252 valence electrons. The molecule has 0 bridgehead atoms. The maximum absolute atomic E-state index is 12.2. The predicted octanol–water partition coefficient (Wildman–Crippen LogP) is -1.36. The Balaban J connectivity index is 4.99. The van der Waals surface area contributed by atoms with Crippen molar-refractivity contribution in [1.29, 1.82) is 0 Å². The van der Waals surface area contributed by atoms with Gasteiger partial charge in [0.1, 0.15) is 0 Å². The Hall–Kier alpha value is -0.596. The Labute approximate surface area is 251 Å². The van der Waals surface area contributed by atoms with Gasteiger partial charge in [0.15, 0.2) is 0 Å². The molecule has 0 saturated heterocycles. The fourth-order valence-corrected chi connectivity index (χ4v) is 6.54. The maximum Gasteiger partial charge on any atom is 0.492 e. The van der Waals surface area contributed by atoms with Crippen molar-refractivity contribution in [2.24, 2.45) is 0 Å². The van der Waals surface area contributed by atoms with E-state index in [0.29, 0.717) is 84.2 Å². The van der Waals surface area contributed by atoms with Crippen molar-refractivity contribution >= 4 is 43.8 Å². The number of esters is 1. The topological polar surface area (TPSA) is 263 Å². The molecular formula is C22H50N2O14S2Si2. The summed E-state index contributed by atoms with van der Waals surface area (Å²) in [5.74, 6) is -1.18. The lowest BCUT2D eigenvalue weighted by Gasteiger charge is -2.28. The molecule has 0 aromatic rings. The first kappa shape index (κ1) is 41.4. The Morgan fingerprint density at radius 3 is 1.38 bits per heavy atom. The zero-order valence-corrected chi connectivity index (χ0v) is 27.7. The number of carbonyl (C=O) groups is 1. The average molecular weight is 687 g/mol. The molecule has 0 rings (SSSR count). The smallest absolute Gasteiger partial charge is 0.466 e. The second-order valence-electron chi connectivity index (χ2n) is 10.5. The molecule has 0 fully saturated rings. The minimum atomic E-state index is -4.20. The highest BCUT2D eigenvalue weighted by Crippen LogP contribution is 2.09. The number of rotatable bonds is 27. The molecule has 0 aliphatic heterocycles. The molecular weight excluding hydrogens is 637 g/mol. The monoisotopic (exact) mass is 686 g/mol. The second-order valence-corrected chi connectivity index (χ2v) is 17.7. The zero-order valence-electron chi connectivity index (χ0n) is 24.1. The van der Waals surface area contributed by atoms with Crippen LogP contribution in [-0.4, -0.2) is 145 Å².